The molecule has 1 heteroatoms. The zero-order valence-electron chi connectivity index (χ0n) is 7.83. The molecule has 0 unspecified atom stereocenters. The van der Waals surface area contributed by atoms with E-state index < -0.39 is 0 Å². The minimum Gasteiger partial charge on any atom is -0.348 e. The van der Waals surface area contributed by atoms with Gasteiger partial charge in [0, 0.05) is 23.6 Å². The third-order valence-electron chi connectivity index (χ3n) is 2.41. The zero-order chi connectivity index (χ0) is 9.26. The van der Waals surface area contributed by atoms with Gasteiger partial charge in [-0.3, -0.25) is 0 Å². The van der Waals surface area contributed by atoms with Gasteiger partial charge in [0.15, 0.2) is 0 Å². The zero-order valence-corrected chi connectivity index (χ0v) is 7.83. The summed E-state index contributed by atoms with van der Waals surface area (Å²) in [7, 11) is 0. The molecule has 0 aliphatic carbocycles. The molecule has 1 nitrogen and oxygen atoms in total. The van der Waals surface area contributed by atoms with Crippen LogP contribution in [0.15, 0.2) is 37.0 Å². The second-order valence-corrected chi connectivity index (χ2v) is 3.09. The Morgan fingerprint density at radius 3 is 2.92 bits per heavy atom. The van der Waals surface area contributed by atoms with Crippen LogP contribution in [0.1, 0.15) is 12.5 Å². The maximum atomic E-state index is 3.81. The molecule has 0 atom stereocenters. The lowest BCUT2D eigenvalue weighted by molar-refractivity contribution is 0.797. The first kappa shape index (κ1) is 8.11. The first-order chi connectivity index (χ1) is 6.36. The van der Waals surface area contributed by atoms with Crippen LogP contribution in [-0.2, 0) is 6.54 Å². The molecule has 0 fully saturated rings. The highest BCUT2D eigenvalue weighted by Gasteiger charge is 2.00. The summed E-state index contributed by atoms with van der Waals surface area (Å²) in [6.45, 7) is 6.98. The summed E-state index contributed by atoms with van der Waals surface area (Å²) in [6.07, 6.45) is 4.03. The molecule has 0 aliphatic heterocycles. The summed E-state index contributed by atoms with van der Waals surface area (Å²) >= 11 is 0. The van der Waals surface area contributed by atoms with E-state index in [4.69, 9.17) is 0 Å². The van der Waals surface area contributed by atoms with E-state index in [9.17, 15) is 0 Å². The first-order valence-corrected chi connectivity index (χ1v) is 4.57. The van der Waals surface area contributed by atoms with Gasteiger partial charge < -0.3 is 4.57 Å². The summed E-state index contributed by atoms with van der Waals surface area (Å²) in [5.74, 6) is 0. The van der Waals surface area contributed by atoms with Crippen molar-refractivity contribution in [3.05, 3.63) is 42.6 Å². The number of aryl methyl sites for hydroxylation is 1. The maximum Gasteiger partial charge on any atom is 0.0486 e. The smallest absolute Gasteiger partial charge is 0.0486 e. The Balaban J connectivity index is 2.79. The highest BCUT2D eigenvalue weighted by molar-refractivity contribution is 5.88. The second-order valence-electron chi connectivity index (χ2n) is 3.09. The molecule has 0 aliphatic rings. The van der Waals surface area contributed by atoms with Crippen molar-refractivity contribution in [2.45, 2.75) is 13.5 Å². The highest BCUT2D eigenvalue weighted by Crippen LogP contribution is 2.20. The van der Waals surface area contributed by atoms with Crippen LogP contribution >= 0.6 is 0 Å². The quantitative estimate of drug-likeness (QED) is 0.653. The van der Waals surface area contributed by atoms with Gasteiger partial charge in [0.05, 0.1) is 0 Å². The van der Waals surface area contributed by atoms with Gasteiger partial charge in [-0.1, -0.05) is 24.8 Å². The van der Waals surface area contributed by atoms with Crippen molar-refractivity contribution in [1.82, 2.24) is 4.57 Å². The SMILES string of the molecule is C=Cc1cccc2c1ccn2CC. The van der Waals surface area contributed by atoms with Gasteiger partial charge in [-0.2, -0.15) is 0 Å². The van der Waals surface area contributed by atoms with Gasteiger partial charge >= 0.3 is 0 Å². The van der Waals surface area contributed by atoms with Gasteiger partial charge in [0.1, 0.15) is 0 Å². The fraction of sp³-hybridized carbons (Fsp3) is 0.167. The monoisotopic (exact) mass is 171 g/mol. The van der Waals surface area contributed by atoms with Crippen molar-refractivity contribution in [2.24, 2.45) is 0 Å². The lowest BCUT2D eigenvalue weighted by Gasteiger charge is -2.01. The number of rotatable bonds is 2. The molecular weight excluding hydrogens is 158 g/mol. The molecule has 1 aromatic carbocycles. The normalized spacial score (nSPS) is 10.5. The van der Waals surface area contributed by atoms with Crippen LogP contribution in [0.25, 0.3) is 17.0 Å². The minimum absolute atomic E-state index is 1.02. The molecule has 66 valence electrons. The number of benzene rings is 1. The van der Waals surface area contributed by atoms with Crippen LogP contribution in [0.4, 0.5) is 0 Å². The number of nitrogens with zero attached hydrogens (tertiary/aromatic N) is 1. The molecule has 2 aromatic rings. The van der Waals surface area contributed by atoms with E-state index in [2.05, 4.69) is 48.5 Å². The van der Waals surface area contributed by atoms with Crippen LogP contribution in [0.2, 0.25) is 0 Å². The van der Waals surface area contributed by atoms with E-state index in [0.717, 1.165) is 6.54 Å². The number of fused-ring (bicyclic) bond motifs is 1. The first-order valence-electron chi connectivity index (χ1n) is 4.57. The van der Waals surface area contributed by atoms with E-state index in [0.29, 0.717) is 0 Å². The summed E-state index contributed by atoms with van der Waals surface area (Å²) < 4.78 is 2.24. The molecule has 0 saturated heterocycles. The predicted octanol–water partition coefficient (Wildman–Crippen LogP) is 3.30. The van der Waals surface area contributed by atoms with Crippen LogP contribution in [0, 0.1) is 0 Å². The Bertz CT molecular complexity index is 437. The lowest BCUT2D eigenvalue weighted by Crippen LogP contribution is -1.90. The molecule has 1 aromatic heterocycles. The highest BCUT2D eigenvalue weighted by atomic mass is 14.9. The fourth-order valence-corrected chi connectivity index (χ4v) is 1.70. The average molecular weight is 171 g/mol. The fourth-order valence-electron chi connectivity index (χ4n) is 1.70. The third-order valence-corrected chi connectivity index (χ3v) is 2.41. The van der Waals surface area contributed by atoms with Crippen molar-refractivity contribution < 1.29 is 0 Å². The Morgan fingerprint density at radius 2 is 2.23 bits per heavy atom. The van der Waals surface area contributed by atoms with E-state index in [-0.39, 0.29) is 0 Å². The van der Waals surface area contributed by atoms with Crippen LogP contribution in [0.3, 0.4) is 0 Å². The standard InChI is InChI=1S/C12H13N/c1-3-10-6-5-7-12-11(10)8-9-13(12)4-2/h3,5-9H,1,4H2,2H3. The molecule has 0 spiro atoms. The van der Waals surface area contributed by atoms with Gasteiger partial charge in [0.25, 0.3) is 0 Å². The van der Waals surface area contributed by atoms with Crippen molar-refractivity contribution in [3.63, 3.8) is 0 Å². The topological polar surface area (TPSA) is 4.93 Å². The summed E-state index contributed by atoms with van der Waals surface area (Å²) in [6, 6.07) is 8.46. The molecule has 0 saturated carbocycles. The van der Waals surface area contributed by atoms with Gasteiger partial charge in [0.2, 0.25) is 0 Å². The molecule has 13 heavy (non-hydrogen) atoms. The van der Waals surface area contributed by atoms with Crippen molar-refractivity contribution >= 4 is 17.0 Å². The maximum absolute atomic E-state index is 3.81. The second kappa shape index (κ2) is 3.09. The lowest BCUT2D eigenvalue weighted by atomic mass is 10.1. The van der Waals surface area contributed by atoms with Gasteiger partial charge in [-0.15, -0.1) is 0 Å². The van der Waals surface area contributed by atoms with Gasteiger partial charge in [-0.05, 0) is 24.6 Å². The van der Waals surface area contributed by atoms with Crippen LogP contribution in [-0.4, -0.2) is 4.57 Å². The van der Waals surface area contributed by atoms with E-state index in [1.165, 1.54) is 16.5 Å². The van der Waals surface area contributed by atoms with Crippen LogP contribution < -0.4 is 0 Å². The number of hydrogen-bond donors (Lipinski definition) is 0. The summed E-state index contributed by atoms with van der Waals surface area (Å²) in [5.41, 5.74) is 2.50. The van der Waals surface area contributed by atoms with Crippen molar-refractivity contribution in [1.29, 1.82) is 0 Å². The summed E-state index contributed by atoms with van der Waals surface area (Å²) in [5, 5.41) is 1.29. The molecule has 0 radical (unpaired) electrons. The number of hydrogen-bond acceptors (Lipinski definition) is 0. The Morgan fingerprint density at radius 1 is 1.38 bits per heavy atom. The number of aromatic nitrogens is 1. The van der Waals surface area contributed by atoms with Crippen molar-refractivity contribution in [2.75, 3.05) is 0 Å². The molecule has 0 N–H and O–H groups in total. The Labute approximate surface area is 78.3 Å². The van der Waals surface area contributed by atoms with Gasteiger partial charge in [-0.25, -0.2) is 0 Å². The minimum atomic E-state index is 1.02. The third kappa shape index (κ3) is 1.17. The summed E-state index contributed by atoms with van der Waals surface area (Å²) in [4.78, 5) is 0. The largest absolute Gasteiger partial charge is 0.348 e. The van der Waals surface area contributed by atoms with Crippen molar-refractivity contribution in [3.8, 4) is 0 Å². The molecule has 2 rings (SSSR count). The molecule has 0 bridgehead atoms. The van der Waals surface area contributed by atoms with Crippen LogP contribution in [0.5, 0.6) is 0 Å². The molecule has 0 amide bonds. The Kier molecular flexibility index (Phi) is 1.93. The Hall–Kier alpha value is -1.50. The average Bonchev–Trinajstić information content (AvgIpc) is 2.60. The van der Waals surface area contributed by atoms with E-state index in [1.807, 2.05) is 6.08 Å². The molecular formula is C12H13N. The molecule has 1 heterocycles. The van der Waals surface area contributed by atoms with E-state index >= 15 is 0 Å². The predicted molar refractivity (Wildman–Crippen MR) is 57.7 cm³/mol. The van der Waals surface area contributed by atoms with E-state index in [1.54, 1.807) is 0 Å².